The van der Waals surface area contributed by atoms with Crippen LogP contribution in [-0.4, -0.2) is 29.6 Å². The Morgan fingerprint density at radius 3 is 3.15 bits per heavy atom. The Morgan fingerprint density at radius 1 is 1.62 bits per heavy atom. The molecule has 1 atom stereocenters. The molecule has 2 aliphatic heterocycles. The normalized spacial score (nSPS) is 31.1. The van der Waals surface area contributed by atoms with Crippen molar-refractivity contribution in [2.75, 3.05) is 6.61 Å². The van der Waals surface area contributed by atoms with Gasteiger partial charge in [-0.05, 0) is 6.42 Å². The van der Waals surface area contributed by atoms with Crippen LogP contribution in [0.1, 0.15) is 12.8 Å². The summed E-state index contributed by atoms with van der Waals surface area (Å²) in [5, 5.41) is 0. The van der Waals surface area contributed by atoms with Gasteiger partial charge in [0.1, 0.15) is 12.6 Å². The van der Waals surface area contributed by atoms with Gasteiger partial charge in [0.2, 0.25) is 0 Å². The number of amides is 1. The van der Waals surface area contributed by atoms with Crippen LogP contribution >= 0.6 is 0 Å². The second-order valence-corrected chi connectivity index (χ2v) is 3.18. The number of hydrogen-bond acceptors (Lipinski definition) is 2. The van der Waals surface area contributed by atoms with Gasteiger partial charge in [0, 0.05) is 12.6 Å². The van der Waals surface area contributed by atoms with Crippen LogP contribution in [0.15, 0.2) is 12.3 Å². The summed E-state index contributed by atoms with van der Waals surface area (Å²) in [4.78, 5) is 11.9. The first-order chi connectivity index (χ1) is 6.11. The van der Waals surface area contributed by atoms with Gasteiger partial charge in [-0.1, -0.05) is 6.08 Å². The Labute approximate surface area is 74.0 Å². The maximum absolute atomic E-state index is 13.3. The van der Waals surface area contributed by atoms with Crippen molar-refractivity contribution < 1.29 is 18.3 Å². The molecule has 3 nitrogen and oxygen atoms in total. The Kier molecular flexibility index (Phi) is 1.75. The third-order valence-electron chi connectivity index (χ3n) is 2.31. The molecule has 0 N–H and O–H groups in total. The summed E-state index contributed by atoms with van der Waals surface area (Å²) in [5.41, 5.74) is 0. The molecule has 0 aromatic rings. The van der Waals surface area contributed by atoms with Crippen molar-refractivity contribution >= 4 is 6.09 Å². The largest absolute Gasteiger partial charge is 0.447 e. The quantitative estimate of drug-likeness (QED) is 0.581. The number of hydrogen-bond donors (Lipinski definition) is 0. The smallest absolute Gasteiger partial charge is 0.414 e. The minimum atomic E-state index is -2.84. The van der Waals surface area contributed by atoms with E-state index in [1.54, 1.807) is 6.08 Å². The highest BCUT2D eigenvalue weighted by atomic mass is 19.3. The maximum Gasteiger partial charge on any atom is 0.414 e. The zero-order valence-corrected chi connectivity index (χ0v) is 6.87. The van der Waals surface area contributed by atoms with E-state index in [9.17, 15) is 13.6 Å². The molecule has 0 saturated carbocycles. The standard InChI is InChI=1S/C8H9F2NO2/c9-8(10)3-1-2-4-11-6(8)5-13-7(11)12/h2,4,6H,1,3,5H2/t6-/m1/s1. The van der Waals surface area contributed by atoms with E-state index < -0.39 is 18.1 Å². The summed E-state index contributed by atoms with van der Waals surface area (Å²) in [6.07, 6.45) is 2.36. The molecule has 0 unspecified atom stereocenters. The summed E-state index contributed by atoms with van der Waals surface area (Å²) in [7, 11) is 0. The maximum atomic E-state index is 13.3. The molecule has 2 aliphatic rings. The minimum absolute atomic E-state index is 0.212. The van der Waals surface area contributed by atoms with Crippen molar-refractivity contribution in [1.29, 1.82) is 0 Å². The lowest BCUT2D eigenvalue weighted by atomic mass is 10.1. The lowest BCUT2D eigenvalue weighted by molar-refractivity contribution is -0.0565. The summed E-state index contributed by atoms with van der Waals surface area (Å²) in [6.45, 7) is -0.212. The SMILES string of the molecule is O=C1OC[C@H]2N1C=CCCC2(F)F. The summed E-state index contributed by atoms with van der Waals surface area (Å²) >= 11 is 0. The van der Waals surface area contributed by atoms with E-state index >= 15 is 0 Å². The fourth-order valence-electron chi connectivity index (χ4n) is 1.55. The van der Waals surface area contributed by atoms with Crippen LogP contribution in [0, 0.1) is 0 Å². The van der Waals surface area contributed by atoms with Crippen LogP contribution in [0.3, 0.4) is 0 Å². The number of ether oxygens (including phenoxy) is 1. The molecule has 1 amide bonds. The molecule has 72 valence electrons. The second kappa shape index (κ2) is 2.68. The number of carbonyl (C=O) groups is 1. The molecular formula is C8H9F2NO2. The van der Waals surface area contributed by atoms with Crippen LogP contribution in [-0.2, 0) is 4.74 Å². The van der Waals surface area contributed by atoms with Crippen LogP contribution in [0.4, 0.5) is 13.6 Å². The Bertz CT molecular complexity index is 265. The topological polar surface area (TPSA) is 29.5 Å². The number of allylic oxidation sites excluding steroid dienone is 1. The van der Waals surface area contributed by atoms with Crippen molar-refractivity contribution in [1.82, 2.24) is 4.90 Å². The van der Waals surface area contributed by atoms with Crippen LogP contribution < -0.4 is 0 Å². The average Bonchev–Trinajstić information content (AvgIpc) is 2.34. The average molecular weight is 189 g/mol. The highest BCUT2D eigenvalue weighted by molar-refractivity contribution is 5.71. The lowest BCUT2D eigenvalue weighted by Gasteiger charge is -2.23. The fraction of sp³-hybridized carbons (Fsp3) is 0.625. The van der Waals surface area contributed by atoms with Crippen LogP contribution in [0.25, 0.3) is 0 Å². The van der Waals surface area contributed by atoms with E-state index in [2.05, 4.69) is 4.74 Å². The molecule has 13 heavy (non-hydrogen) atoms. The minimum Gasteiger partial charge on any atom is -0.447 e. The van der Waals surface area contributed by atoms with E-state index in [1.165, 1.54) is 6.20 Å². The molecule has 0 bridgehead atoms. The highest BCUT2D eigenvalue weighted by Gasteiger charge is 2.49. The van der Waals surface area contributed by atoms with E-state index in [0.717, 1.165) is 4.90 Å². The molecule has 2 rings (SSSR count). The van der Waals surface area contributed by atoms with Gasteiger partial charge in [-0.25, -0.2) is 13.6 Å². The number of alkyl halides is 2. The van der Waals surface area contributed by atoms with Gasteiger partial charge >= 0.3 is 6.09 Å². The number of nitrogens with zero attached hydrogens (tertiary/aromatic N) is 1. The Morgan fingerprint density at radius 2 is 2.38 bits per heavy atom. The summed E-state index contributed by atoms with van der Waals surface area (Å²) in [6, 6.07) is -1.11. The monoisotopic (exact) mass is 189 g/mol. The second-order valence-electron chi connectivity index (χ2n) is 3.18. The molecule has 1 saturated heterocycles. The number of cyclic esters (lactones) is 1. The summed E-state index contributed by atoms with van der Waals surface area (Å²) < 4.78 is 31.1. The molecule has 5 heteroatoms. The van der Waals surface area contributed by atoms with E-state index in [-0.39, 0.29) is 13.0 Å². The molecular weight excluding hydrogens is 180 g/mol. The van der Waals surface area contributed by atoms with E-state index in [0.29, 0.717) is 6.42 Å². The summed E-state index contributed by atoms with van der Waals surface area (Å²) in [5.74, 6) is -2.84. The van der Waals surface area contributed by atoms with Crippen molar-refractivity contribution in [3.63, 3.8) is 0 Å². The first kappa shape index (κ1) is 8.47. The third-order valence-corrected chi connectivity index (χ3v) is 2.31. The van der Waals surface area contributed by atoms with Gasteiger partial charge in [0.05, 0.1) is 0 Å². The van der Waals surface area contributed by atoms with Gasteiger partial charge < -0.3 is 4.74 Å². The zero-order chi connectivity index (χ0) is 9.47. The van der Waals surface area contributed by atoms with Crippen LogP contribution in [0.2, 0.25) is 0 Å². The van der Waals surface area contributed by atoms with Crippen molar-refractivity contribution in [3.8, 4) is 0 Å². The number of halogens is 2. The molecule has 2 heterocycles. The Balaban J connectivity index is 2.29. The van der Waals surface area contributed by atoms with Gasteiger partial charge in [0.25, 0.3) is 5.92 Å². The molecule has 0 radical (unpaired) electrons. The number of rotatable bonds is 0. The van der Waals surface area contributed by atoms with E-state index in [4.69, 9.17) is 0 Å². The first-order valence-corrected chi connectivity index (χ1v) is 4.11. The molecule has 0 aromatic carbocycles. The van der Waals surface area contributed by atoms with Crippen molar-refractivity contribution in [3.05, 3.63) is 12.3 Å². The van der Waals surface area contributed by atoms with Crippen molar-refractivity contribution in [2.45, 2.75) is 24.8 Å². The predicted octanol–water partition coefficient (Wildman–Crippen LogP) is 1.75. The molecule has 0 spiro atoms. The first-order valence-electron chi connectivity index (χ1n) is 4.11. The lowest BCUT2D eigenvalue weighted by Crippen LogP contribution is -2.42. The van der Waals surface area contributed by atoms with Crippen molar-refractivity contribution in [2.24, 2.45) is 0 Å². The van der Waals surface area contributed by atoms with Gasteiger partial charge in [0.15, 0.2) is 0 Å². The number of fused-ring (bicyclic) bond motifs is 1. The molecule has 0 aromatic heterocycles. The molecule has 0 aliphatic carbocycles. The highest BCUT2D eigenvalue weighted by Crippen LogP contribution is 2.34. The van der Waals surface area contributed by atoms with Gasteiger partial charge in [-0.3, -0.25) is 4.90 Å². The predicted molar refractivity (Wildman–Crippen MR) is 40.3 cm³/mol. The zero-order valence-electron chi connectivity index (χ0n) is 6.87. The fourth-order valence-corrected chi connectivity index (χ4v) is 1.55. The van der Waals surface area contributed by atoms with Gasteiger partial charge in [-0.15, -0.1) is 0 Å². The third kappa shape index (κ3) is 1.28. The molecule has 1 fully saturated rings. The van der Waals surface area contributed by atoms with Crippen LogP contribution in [0.5, 0.6) is 0 Å². The van der Waals surface area contributed by atoms with E-state index in [1.807, 2.05) is 0 Å². The Hall–Kier alpha value is -1.13. The number of carbonyl (C=O) groups excluding carboxylic acids is 1. The van der Waals surface area contributed by atoms with Gasteiger partial charge in [-0.2, -0.15) is 0 Å².